The quantitative estimate of drug-likeness (QED) is 0.688. The summed E-state index contributed by atoms with van der Waals surface area (Å²) >= 11 is 0. The number of hydrogen-bond acceptors (Lipinski definition) is 1. The van der Waals surface area contributed by atoms with Gasteiger partial charge in [0.15, 0.2) is 0 Å². The standard InChI is InChI=1S/C15H11F3N2/c16-15(17,18)10-12-14(11-6-2-1-3-7-11)19-13-8-4-5-9-20(12)13/h1-9H,10H2. The van der Waals surface area contributed by atoms with Crippen LogP contribution < -0.4 is 0 Å². The van der Waals surface area contributed by atoms with Gasteiger partial charge in [0.25, 0.3) is 0 Å². The Morgan fingerprint density at radius 2 is 1.65 bits per heavy atom. The Bertz CT molecular complexity index is 730. The van der Waals surface area contributed by atoms with Crippen molar-refractivity contribution in [2.24, 2.45) is 0 Å². The number of rotatable bonds is 2. The van der Waals surface area contributed by atoms with Gasteiger partial charge < -0.3 is 4.40 Å². The van der Waals surface area contributed by atoms with Gasteiger partial charge in [-0.1, -0.05) is 36.4 Å². The van der Waals surface area contributed by atoms with Gasteiger partial charge in [-0.2, -0.15) is 13.2 Å². The highest BCUT2D eigenvalue weighted by molar-refractivity contribution is 5.66. The molecular weight excluding hydrogens is 265 g/mol. The molecule has 3 aromatic rings. The summed E-state index contributed by atoms with van der Waals surface area (Å²) in [5.74, 6) is 0. The van der Waals surface area contributed by atoms with Crippen LogP contribution in [0.25, 0.3) is 16.9 Å². The van der Waals surface area contributed by atoms with Crippen molar-refractivity contribution in [3.05, 3.63) is 60.4 Å². The lowest BCUT2D eigenvalue weighted by Gasteiger charge is -2.08. The first-order chi connectivity index (χ1) is 9.54. The summed E-state index contributed by atoms with van der Waals surface area (Å²) in [6.45, 7) is 0. The number of benzene rings is 1. The molecule has 0 unspecified atom stereocenters. The van der Waals surface area contributed by atoms with Crippen LogP contribution in [0.4, 0.5) is 13.2 Å². The summed E-state index contributed by atoms with van der Waals surface area (Å²) < 4.78 is 39.9. The molecule has 1 aromatic carbocycles. The molecule has 3 rings (SSSR count). The van der Waals surface area contributed by atoms with E-state index in [-0.39, 0.29) is 5.69 Å². The van der Waals surface area contributed by atoms with Crippen LogP contribution in [0.15, 0.2) is 54.7 Å². The fourth-order valence-corrected chi connectivity index (χ4v) is 2.23. The van der Waals surface area contributed by atoms with Gasteiger partial charge in [0.1, 0.15) is 5.65 Å². The minimum Gasteiger partial charge on any atom is -0.303 e. The molecule has 0 aliphatic heterocycles. The molecule has 0 saturated carbocycles. The fraction of sp³-hybridized carbons (Fsp3) is 0.133. The van der Waals surface area contributed by atoms with Crippen LogP contribution in [0.1, 0.15) is 5.69 Å². The number of aromatic nitrogens is 2. The van der Waals surface area contributed by atoms with Gasteiger partial charge in [0.05, 0.1) is 17.8 Å². The monoisotopic (exact) mass is 276 g/mol. The van der Waals surface area contributed by atoms with E-state index in [9.17, 15) is 13.2 Å². The normalized spacial score (nSPS) is 11.9. The van der Waals surface area contributed by atoms with Crippen LogP contribution in [0.5, 0.6) is 0 Å². The second-order valence-corrected chi connectivity index (χ2v) is 4.49. The maximum atomic E-state index is 12.8. The van der Waals surface area contributed by atoms with Crippen molar-refractivity contribution in [1.29, 1.82) is 0 Å². The average molecular weight is 276 g/mol. The van der Waals surface area contributed by atoms with Gasteiger partial charge in [-0.15, -0.1) is 0 Å². The molecule has 5 heteroatoms. The summed E-state index contributed by atoms with van der Waals surface area (Å²) in [5.41, 5.74) is 1.76. The number of alkyl halides is 3. The number of hydrogen-bond donors (Lipinski definition) is 0. The van der Waals surface area contributed by atoms with Gasteiger partial charge in [-0.05, 0) is 12.1 Å². The number of imidazole rings is 1. The van der Waals surface area contributed by atoms with Crippen molar-refractivity contribution in [2.75, 3.05) is 0 Å². The lowest BCUT2D eigenvalue weighted by molar-refractivity contribution is -0.127. The van der Waals surface area contributed by atoms with Crippen LogP contribution in [0.3, 0.4) is 0 Å². The SMILES string of the molecule is FC(F)(F)Cc1c(-c2ccccc2)nc2ccccn12. The highest BCUT2D eigenvalue weighted by Gasteiger charge is 2.31. The summed E-state index contributed by atoms with van der Waals surface area (Å²) in [6, 6.07) is 14.1. The molecule has 0 radical (unpaired) electrons. The van der Waals surface area contributed by atoms with Crippen molar-refractivity contribution in [3.8, 4) is 11.3 Å². The summed E-state index contributed by atoms with van der Waals surface area (Å²) in [7, 11) is 0. The molecule has 0 bridgehead atoms. The zero-order valence-electron chi connectivity index (χ0n) is 10.4. The molecule has 0 fully saturated rings. The molecule has 102 valence electrons. The van der Waals surface area contributed by atoms with Crippen molar-refractivity contribution in [1.82, 2.24) is 9.38 Å². The maximum absolute atomic E-state index is 12.8. The van der Waals surface area contributed by atoms with Crippen molar-refractivity contribution in [2.45, 2.75) is 12.6 Å². The van der Waals surface area contributed by atoms with E-state index in [1.54, 1.807) is 48.7 Å². The molecule has 20 heavy (non-hydrogen) atoms. The van der Waals surface area contributed by atoms with Gasteiger partial charge in [-0.25, -0.2) is 4.98 Å². The molecule has 2 heterocycles. The van der Waals surface area contributed by atoms with E-state index in [1.165, 1.54) is 4.40 Å². The lowest BCUT2D eigenvalue weighted by atomic mass is 10.1. The highest BCUT2D eigenvalue weighted by Crippen LogP contribution is 2.30. The third kappa shape index (κ3) is 2.39. The minimum atomic E-state index is -4.27. The molecule has 0 atom stereocenters. The Morgan fingerprint density at radius 1 is 0.950 bits per heavy atom. The fourth-order valence-electron chi connectivity index (χ4n) is 2.23. The maximum Gasteiger partial charge on any atom is 0.394 e. The van der Waals surface area contributed by atoms with Crippen molar-refractivity contribution < 1.29 is 13.2 Å². The third-order valence-corrected chi connectivity index (χ3v) is 3.04. The topological polar surface area (TPSA) is 17.3 Å². The second kappa shape index (κ2) is 4.67. The number of pyridine rings is 1. The summed E-state index contributed by atoms with van der Waals surface area (Å²) in [6.07, 6.45) is -3.66. The molecule has 0 aliphatic carbocycles. The predicted octanol–water partition coefficient (Wildman–Crippen LogP) is 4.11. The Balaban J connectivity index is 2.23. The van der Waals surface area contributed by atoms with E-state index in [2.05, 4.69) is 4.98 Å². The van der Waals surface area contributed by atoms with Gasteiger partial charge >= 0.3 is 6.18 Å². The Hall–Kier alpha value is -2.30. The summed E-state index contributed by atoms with van der Waals surface area (Å²) in [4.78, 5) is 4.33. The molecular formula is C15H11F3N2. The van der Waals surface area contributed by atoms with E-state index in [1.807, 2.05) is 6.07 Å². The van der Waals surface area contributed by atoms with Crippen LogP contribution in [-0.4, -0.2) is 15.6 Å². The van der Waals surface area contributed by atoms with Gasteiger partial charge in [-0.3, -0.25) is 0 Å². The van der Waals surface area contributed by atoms with Crippen LogP contribution >= 0.6 is 0 Å². The first-order valence-corrected chi connectivity index (χ1v) is 6.13. The zero-order valence-corrected chi connectivity index (χ0v) is 10.4. The largest absolute Gasteiger partial charge is 0.394 e. The van der Waals surface area contributed by atoms with E-state index < -0.39 is 12.6 Å². The van der Waals surface area contributed by atoms with Crippen LogP contribution in [-0.2, 0) is 6.42 Å². The molecule has 0 spiro atoms. The Kier molecular flexibility index (Phi) is 2.97. The van der Waals surface area contributed by atoms with E-state index >= 15 is 0 Å². The minimum absolute atomic E-state index is 0.166. The number of nitrogens with zero attached hydrogens (tertiary/aromatic N) is 2. The number of fused-ring (bicyclic) bond motifs is 1. The zero-order chi connectivity index (χ0) is 14.2. The van der Waals surface area contributed by atoms with E-state index in [4.69, 9.17) is 0 Å². The van der Waals surface area contributed by atoms with Crippen molar-refractivity contribution in [3.63, 3.8) is 0 Å². The van der Waals surface area contributed by atoms with Gasteiger partial charge in [0, 0.05) is 11.8 Å². The third-order valence-electron chi connectivity index (χ3n) is 3.04. The Morgan fingerprint density at radius 3 is 2.35 bits per heavy atom. The molecule has 2 nitrogen and oxygen atoms in total. The highest BCUT2D eigenvalue weighted by atomic mass is 19.4. The smallest absolute Gasteiger partial charge is 0.303 e. The van der Waals surface area contributed by atoms with Gasteiger partial charge in [0.2, 0.25) is 0 Å². The second-order valence-electron chi connectivity index (χ2n) is 4.49. The predicted molar refractivity (Wildman–Crippen MR) is 70.4 cm³/mol. The first-order valence-electron chi connectivity index (χ1n) is 6.13. The molecule has 2 aromatic heterocycles. The van der Waals surface area contributed by atoms with E-state index in [0.29, 0.717) is 16.9 Å². The molecule has 0 N–H and O–H groups in total. The first kappa shape index (κ1) is 12.7. The van der Waals surface area contributed by atoms with Crippen LogP contribution in [0, 0.1) is 0 Å². The molecule has 0 saturated heterocycles. The number of halogens is 3. The Labute approximate surface area is 113 Å². The van der Waals surface area contributed by atoms with E-state index in [0.717, 1.165) is 0 Å². The average Bonchev–Trinajstić information content (AvgIpc) is 2.77. The summed E-state index contributed by atoms with van der Waals surface area (Å²) in [5, 5.41) is 0. The molecule has 0 amide bonds. The van der Waals surface area contributed by atoms with Crippen LogP contribution in [0.2, 0.25) is 0 Å². The van der Waals surface area contributed by atoms with Crippen molar-refractivity contribution >= 4 is 5.65 Å². The molecule has 0 aliphatic rings. The lowest BCUT2D eigenvalue weighted by Crippen LogP contribution is -2.14.